The Morgan fingerprint density at radius 2 is 1.92 bits per heavy atom. The summed E-state index contributed by atoms with van der Waals surface area (Å²) in [5, 5.41) is 8.28. The Balaban J connectivity index is 2.52. The summed E-state index contributed by atoms with van der Waals surface area (Å²) in [4.78, 5) is 10.1. The minimum Gasteiger partial charge on any atom is -0.481 e. The third-order valence-corrected chi connectivity index (χ3v) is 1.33. The lowest BCUT2D eigenvalue weighted by Crippen LogP contribution is -1.90. The van der Waals surface area contributed by atoms with Crippen molar-refractivity contribution in [3.63, 3.8) is 0 Å². The summed E-state index contributed by atoms with van der Waals surface area (Å²) in [5.41, 5.74) is 0.995. The van der Waals surface area contributed by atoms with E-state index in [9.17, 15) is 4.79 Å². The van der Waals surface area contributed by atoms with Gasteiger partial charge in [0, 0.05) is 0 Å². The van der Waals surface area contributed by atoms with Crippen molar-refractivity contribution in [1.82, 2.24) is 0 Å². The molecule has 2 nitrogen and oxygen atoms in total. The average Bonchev–Trinajstić information content (AvgIpc) is 2.05. The summed E-state index contributed by atoms with van der Waals surface area (Å²) in [6.45, 7) is 0. The van der Waals surface area contributed by atoms with Crippen molar-refractivity contribution >= 4 is 12.0 Å². The van der Waals surface area contributed by atoms with Crippen molar-refractivity contribution in [1.29, 1.82) is 0 Å². The highest BCUT2D eigenvalue weighted by molar-refractivity contribution is 5.80. The van der Waals surface area contributed by atoms with Crippen LogP contribution in [-0.4, -0.2) is 11.1 Å². The molecule has 0 bridgehead atoms. The number of carbonyl (C=O) groups is 1. The quantitative estimate of drug-likeness (QED) is 0.736. The van der Waals surface area contributed by atoms with E-state index < -0.39 is 5.97 Å². The largest absolute Gasteiger partial charge is 0.481 e. The maximum Gasteiger partial charge on any atom is 0.311 e. The molecule has 0 saturated carbocycles. The molecule has 0 unspecified atom stereocenters. The van der Waals surface area contributed by atoms with Gasteiger partial charge in [0.05, 0.1) is 6.42 Å². The van der Waals surface area contributed by atoms with E-state index in [1.165, 1.54) is 6.08 Å². The monoisotopic (exact) mass is 161 g/mol. The lowest BCUT2D eigenvalue weighted by atomic mass is 10.2. The van der Waals surface area contributed by atoms with Gasteiger partial charge in [-0.1, -0.05) is 42.5 Å². The van der Waals surface area contributed by atoms with Gasteiger partial charge < -0.3 is 5.11 Å². The predicted octanol–water partition coefficient (Wildman–Crippen LogP) is 1.99. The molecule has 0 fully saturated rings. The van der Waals surface area contributed by atoms with Gasteiger partial charge in [0.15, 0.2) is 0 Å². The van der Waals surface area contributed by atoms with Crippen LogP contribution in [-0.2, 0) is 4.79 Å². The number of hydrogen-bond acceptors (Lipinski definition) is 1. The van der Waals surface area contributed by atoms with Crippen molar-refractivity contribution in [2.24, 2.45) is 0 Å². The van der Waals surface area contributed by atoms with Gasteiger partial charge in [0.2, 0.25) is 0 Å². The van der Waals surface area contributed by atoms with Gasteiger partial charge in [-0.25, -0.2) is 0 Å². The fourth-order valence-electron chi connectivity index (χ4n) is 0.806. The molecule has 0 heterocycles. The number of carboxylic acids is 1. The normalized spacial score (nSPS) is 10.3. The Bertz CT molecular complexity index is 275. The number of rotatable bonds is 3. The third kappa shape index (κ3) is 3.01. The molecule has 0 spiro atoms. The van der Waals surface area contributed by atoms with Crippen LogP contribution in [0, 0.1) is 6.42 Å². The lowest BCUT2D eigenvalue weighted by molar-refractivity contribution is -0.132. The maximum atomic E-state index is 10.1. The van der Waals surface area contributed by atoms with Crippen LogP contribution in [0.25, 0.3) is 6.08 Å². The Morgan fingerprint density at radius 3 is 2.50 bits per heavy atom. The standard InChI is InChI=1S/C10H9O2/c11-10(12)8-4-7-9-5-2-1-3-6-9/h1-8H,(H,11,12). The van der Waals surface area contributed by atoms with Gasteiger partial charge in [0.1, 0.15) is 0 Å². The first kappa shape index (κ1) is 8.53. The van der Waals surface area contributed by atoms with Gasteiger partial charge in [-0.05, 0) is 5.56 Å². The zero-order chi connectivity index (χ0) is 8.81. The minimum absolute atomic E-state index is 0.929. The summed E-state index contributed by atoms with van der Waals surface area (Å²) < 4.78 is 0. The molecule has 12 heavy (non-hydrogen) atoms. The summed E-state index contributed by atoms with van der Waals surface area (Å²) in [6, 6.07) is 9.54. The molecule has 0 aromatic heterocycles. The van der Waals surface area contributed by atoms with E-state index >= 15 is 0 Å². The number of hydrogen-bond donors (Lipinski definition) is 1. The molecule has 0 aliphatic heterocycles. The van der Waals surface area contributed by atoms with Gasteiger partial charge in [0.25, 0.3) is 0 Å². The molecule has 61 valence electrons. The Kier molecular flexibility index (Phi) is 3.08. The zero-order valence-corrected chi connectivity index (χ0v) is 6.47. The summed E-state index contributed by atoms with van der Waals surface area (Å²) in [6.07, 6.45) is 4.36. The van der Waals surface area contributed by atoms with Crippen molar-refractivity contribution in [3.05, 3.63) is 48.4 Å². The lowest BCUT2D eigenvalue weighted by Gasteiger charge is -1.89. The van der Waals surface area contributed by atoms with Crippen LogP contribution in [0.5, 0.6) is 0 Å². The third-order valence-electron chi connectivity index (χ3n) is 1.33. The fraction of sp³-hybridized carbons (Fsp3) is 0. The molecule has 0 aliphatic carbocycles. The van der Waals surface area contributed by atoms with Gasteiger partial charge in [-0.2, -0.15) is 0 Å². The van der Waals surface area contributed by atoms with Crippen LogP contribution in [0.15, 0.2) is 36.4 Å². The maximum absolute atomic E-state index is 10.1. The Labute approximate surface area is 71.2 Å². The Morgan fingerprint density at radius 1 is 1.25 bits per heavy atom. The highest BCUT2D eigenvalue weighted by Gasteiger charge is 1.89. The van der Waals surface area contributed by atoms with Crippen molar-refractivity contribution in [2.75, 3.05) is 0 Å². The zero-order valence-electron chi connectivity index (χ0n) is 6.47. The second-order valence-electron chi connectivity index (χ2n) is 2.27. The topological polar surface area (TPSA) is 37.3 Å². The van der Waals surface area contributed by atoms with Crippen LogP contribution in [0.2, 0.25) is 0 Å². The van der Waals surface area contributed by atoms with Crippen LogP contribution in [0.4, 0.5) is 0 Å². The molecule has 1 radical (unpaired) electrons. The van der Waals surface area contributed by atoms with Crippen LogP contribution < -0.4 is 0 Å². The molecule has 0 saturated heterocycles. The van der Waals surface area contributed by atoms with Crippen molar-refractivity contribution < 1.29 is 9.90 Å². The molecule has 0 aliphatic rings. The fourth-order valence-corrected chi connectivity index (χ4v) is 0.806. The minimum atomic E-state index is -0.929. The molecular weight excluding hydrogens is 152 g/mol. The van der Waals surface area contributed by atoms with E-state index in [-0.39, 0.29) is 0 Å². The van der Waals surface area contributed by atoms with E-state index in [2.05, 4.69) is 0 Å². The molecule has 0 amide bonds. The van der Waals surface area contributed by atoms with E-state index in [4.69, 9.17) is 5.11 Å². The van der Waals surface area contributed by atoms with Gasteiger partial charge >= 0.3 is 5.97 Å². The average molecular weight is 161 g/mol. The number of aliphatic carboxylic acids is 1. The number of benzene rings is 1. The summed E-state index contributed by atoms with van der Waals surface area (Å²) >= 11 is 0. The van der Waals surface area contributed by atoms with E-state index in [1.54, 1.807) is 6.08 Å². The van der Waals surface area contributed by atoms with Gasteiger partial charge in [-0.15, -0.1) is 0 Å². The van der Waals surface area contributed by atoms with Crippen LogP contribution >= 0.6 is 0 Å². The summed E-state index contributed by atoms with van der Waals surface area (Å²) in [7, 11) is 0. The number of carboxylic acid groups (broad SMARTS) is 1. The Hall–Kier alpha value is -1.57. The first-order valence-electron chi connectivity index (χ1n) is 3.58. The second-order valence-corrected chi connectivity index (χ2v) is 2.27. The summed E-state index contributed by atoms with van der Waals surface area (Å²) in [5.74, 6) is -0.929. The van der Waals surface area contributed by atoms with Crippen molar-refractivity contribution in [3.8, 4) is 0 Å². The highest BCUT2D eigenvalue weighted by atomic mass is 16.4. The van der Waals surface area contributed by atoms with Crippen molar-refractivity contribution in [2.45, 2.75) is 0 Å². The molecule has 1 rings (SSSR count). The SMILES string of the molecule is O=C(O)[CH]C=Cc1ccccc1. The highest BCUT2D eigenvalue weighted by Crippen LogP contribution is 2.00. The molecule has 2 heteroatoms. The van der Waals surface area contributed by atoms with E-state index in [1.807, 2.05) is 30.3 Å². The van der Waals surface area contributed by atoms with Crippen LogP contribution in [0.3, 0.4) is 0 Å². The van der Waals surface area contributed by atoms with Gasteiger partial charge in [-0.3, -0.25) is 4.79 Å². The first-order valence-corrected chi connectivity index (χ1v) is 3.58. The molecular formula is C10H9O2. The van der Waals surface area contributed by atoms with E-state index in [0.717, 1.165) is 12.0 Å². The smallest absolute Gasteiger partial charge is 0.311 e. The molecule has 0 atom stereocenters. The molecule has 1 N–H and O–H groups in total. The van der Waals surface area contributed by atoms with Crippen LogP contribution in [0.1, 0.15) is 5.56 Å². The second kappa shape index (κ2) is 4.34. The predicted molar refractivity (Wildman–Crippen MR) is 47.4 cm³/mol. The van der Waals surface area contributed by atoms with E-state index in [0.29, 0.717) is 0 Å². The molecule has 1 aromatic rings. The molecule has 1 aromatic carbocycles. The first-order chi connectivity index (χ1) is 5.79.